The van der Waals surface area contributed by atoms with Gasteiger partial charge in [-0.2, -0.15) is 0 Å². The van der Waals surface area contributed by atoms with Gasteiger partial charge in [-0.15, -0.1) is 29.9 Å². The van der Waals surface area contributed by atoms with Crippen LogP contribution in [0.3, 0.4) is 0 Å². The van der Waals surface area contributed by atoms with Crippen LogP contribution in [0.4, 0.5) is 0 Å². The number of nitrogens with one attached hydrogen (secondary N) is 2. The van der Waals surface area contributed by atoms with Crippen LogP contribution in [0.2, 0.25) is 0 Å². The van der Waals surface area contributed by atoms with E-state index in [1.165, 1.54) is 5.56 Å². The van der Waals surface area contributed by atoms with E-state index in [1.54, 1.807) is 6.20 Å². The van der Waals surface area contributed by atoms with E-state index in [4.69, 9.17) is 0 Å². The Kier molecular flexibility index (Phi) is 9.55. The largest absolute Gasteiger partial charge is 0.348 e. The molecule has 30 heavy (non-hydrogen) atoms. The number of amides is 1. The number of piperidine rings is 2. The predicted molar refractivity (Wildman–Crippen MR) is 123 cm³/mol. The number of nitrogens with zero attached hydrogens (tertiary/aromatic N) is 4. The molecule has 0 spiro atoms. The van der Waals surface area contributed by atoms with Gasteiger partial charge in [-0.3, -0.25) is 9.69 Å². The van der Waals surface area contributed by atoms with Crippen molar-refractivity contribution >= 4 is 30.7 Å². The molecule has 0 saturated carbocycles. The Balaban J connectivity index is 0.00000160. The number of halogens is 2. The van der Waals surface area contributed by atoms with Gasteiger partial charge in [-0.25, -0.2) is 4.68 Å². The predicted octanol–water partition coefficient (Wildman–Crippen LogP) is 3.00. The van der Waals surface area contributed by atoms with Crippen LogP contribution in [0.1, 0.15) is 60.7 Å². The summed E-state index contributed by atoms with van der Waals surface area (Å²) in [5.74, 6) is -0.102. The van der Waals surface area contributed by atoms with E-state index in [2.05, 4.69) is 63.1 Å². The van der Waals surface area contributed by atoms with Gasteiger partial charge in [0.25, 0.3) is 5.91 Å². The maximum Gasteiger partial charge on any atom is 0.273 e. The summed E-state index contributed by atoms with van der Waals surface area (Å²) in [6, 6.07) is 11.6. The molecule has 2 aliphatic rings. The molecular formula is C21H32Cl2N6O. The molecule has 2 aliphatic heterocycles. The van der Waals surface area contributed by atoms with Gasteiger partial charge < -0.3 is 10.6 Å². The van der Waals surface area contributed by atoms with Gasteiger partial charge in [0.2, 0.25) is 0 Å². The summed E-state index contributed by atoms with van der Waals surface area (Å²) >= 11 is 0. The molecule has 7 nitrogen and oxygen atoms in total. The highest BCUT2D eigenvalue weighted by Crippen LogP contribution is 2.24. The fraction of sp³-hybridized carbons (Fsp3) is 0.571. The summed E-state index contributed by atoms with van der Waals surface area (Å²) in [6.45, 7) is 6.22. The van der Waals surface area contributed by atoms with Crippen LogP contribution < -0.4 is 10.6 Å². The lowest BCUT2D eigenvalue weighted by atomic mass is 10.00. The van der Waals surface area contributed by atoms with Crippen LogP contribution in [0.25, 0.3) is 0 Å². The van der Waals surface area contributed by atoms with Crippen molar-refractivity contribution in [3.8, 4) is 0 Å². The molecule has 1 aromatic heterocycles. The van der Waals surface area contributed by atoms with Crippen molar-refractivity contribution in [1.29, 1.82) is 0 Å². The Morgan fingerprint density at radius 3 is 2.43 bits per heavy atom. The van der Waals surface area contributed by atoms with E-state index < -0.39 is 0 Å². The number of carbonyl (C=O) groups is 1. The third-order valence-electron chi connectivity index (χ3n) is 6.12. The highest BCUT2D eigenvalue weighted by atomic mass is 35.5. The minimum atomic E-state index is -0.102. The van der Waals surface area contributed by atoms with Crippen molar-refractivity contribution in [2.24, 2.45) is 0 Å². The molecule has 2 fully saturated rings. The van der Waals surface area contributed by atoms with Crippen LogP contribution in [0.15, 0.2) is 36.5 Å². The standard InChI is InChI=1S/C21H30N6O.2ClH/c1-16(17-5-3-2-4-6-17)26-13-9-18(10-14-26)23-21(28)20-15-27(25-24-20)19-7-11-22-12-8-19;;/h2-6,15-16,18-19,22H,7-14H2,1H3,(H,23,28);2*1H. The number of aromatic nitrogens is 3. The van der Waals surface area contributed by atoms with Crippen molar-refractivity contribution in [2.75, 3.05) is 26.2 Å². The maximum atomic E-state index is 12.6. The summed E-state index contributed by atoms with van der Waals surface area (Å²) in [6.07, 6.45) is 5.79. The SMILES string of the molecule is CC(c1ccccc1)N1CCC(NC(=O)c2cn(C3CCNCC3)nn2)CC1.Cl.Cl. The molecule has 2 aromatic rings. The molecular weight excluding hydrogens is 423 g/mol. The van der Waals surface area contributed by atoms with Crippen molar-refractivity contribution in [2.45, 2.75) is 50.7 Å². The van der Waals surface area contributed by atoms with E-state index in [9.17, 15) is 4.79 Å². The van der Waals surface area contributed by atoms with Crippen LogP contribution in [0, 0.1) is 0 Å². The van der Waals surface area contributed by atoms with Gasteiger partial charge in [0.05, 0.1) is 12.2 Å². The lowest BCUT2D eigenvalue weighted by Crippen LogP contribution is -2.45. The third-order valence-corrected chi connectivity index (χ3v) is 6.12. The Bertz CT molecular complexity index is 773. The molecule has 1 amide bonds. The zero-order valence-corrected chi connectivity index (χ0v) is 19.0. The average Bonchev–Trinajstić information content (AvgIpc) is 3.26. The molecule has 1 unspecified atom stereocenters. The van der Waals surface area contributed by atoms with Gasteiger partial charge >= 0.3 is 0 Å². The quantitative estimate of drug-likeness (QED) is 0.725. The zero-order valence-electron chi connectivity index (χ0n) is 17.4. The second-order valence-electron chi connectivity index (χ2n) is 7.94. The van der Waals surface area contributed by atoms with E-state index in [0.717, 1.165) is 51.9 Å². The average molecular weight is 455 g/mol. The molecule has 1 aromatic carbocycles. The summed E-state index contributed by atoms with van der Waals surface area (Å²) in [7, 11) is 0. The van der Waals surface area contributed by atoms with Gasteiger partial charge in [-0.1, -0.05) is 35.5 Å². The van der Waals surface area contributed by atoms with E-state index in [-0.39, 0.29) is 36.8 Å². The monoisotopic (exact) mass is 454 g/mol. The number of hydrogen-bond acceptors (Lipinski definition) is 5. The third kappa shape index (κ3) is 5.94. The molecule has 0 aliphatic carbocycles. The second-order valence-corrected chi connectivity index (χ2v) is 7.94. The molecule has 2 saturated heterocycles. The van der Waals surface area contributed by atoms with Crippen molar-refractivity contribution in [3.05, 3.63) is 47.8 Å². The fourth-order valence-corrected chi connectivity index (χ4v) is 4.26. The summed E-state index contributed by atoms with van der Waals surface area (Å²) in [5.41, 5.74) is 1.78. The summed E-state index contributed by atoms with van der Waals surface area (Å²) in [5, 5.41) is 14.8. The molecule has 9 heteroatoms. The number of rotatable bonds is 5. The summed E-state index contributed by atoms with van der Waals surface area (Å²) in [4.78, 5) is 15.1. The first-order chi connectivity index (χ1) is 13.7. The van der Waals surface area contributed by atoms with Crippen molar-refractivity contribution < 1.29 is 4.79 Å². The molecule has 166 valence electrons. The van der Waals surface area contributed by atoms with E-state index in [1.807, 2.05) is 4.68 Å². The molecule has 1 atom stereocenters. The van der Waals surface area contributed by atoms with Crippen LogP contribution in [-0.4, -0.2) is 58.0 Å². The van der Waals surface area contributed by atoms with Gasteiger partial charge in [0.1, 0.15) is 0 Å². The van der Waals surface area contributed by atoms with Crippen molar-refractivity contribution in [1.82, 2.24) is 30.5 Å². The Morgan fingerprint density at radius 1 is 1.10 bits per heavy atom. The van der Waals surface area contributed by atoms with Crippen LogP contribution in [-0.2, 0) is 0 Å². The normalized spacial score (nSPS) is 19.4. The van der Waals surface area contributed by atoms with E-state index >= 15 is 0 Å². The lowest BCUT2D eigenvalue weighted by Gasteiger charge is -2.36. The lowest BCUT2D eigenvalue weighted by molar-refractivity contribution is 0.0891. The van der Waals surface area contributed by atoms with Crippen LogP contribution >= 0.6 is 24.8 Å². The van der Waals surface area contributed by atoms with Crippen molar-refractivity contribution in [3.63, 3.8) is 0 Å². The summed E-state index contributed by atoms with van der Waals surface area (Å²) < 4.78 is 1.86. The second kappa shape index (κ2) is 11.6. The van der Waals surface area contributed by atoms with Gasteiger partial charge in [0.15, 0.2) is 5.69 Å². The maximum absolute atomic E-state index is 12.6. The van der Waals surface area contributed by atoms with E-state index in [0.29, 0.717) is 17.8 Å². The Morgan fingerprint density at radius 2 is 1.77 bits per heavy atom. The fourth-order valence-electron chi connectivity index (χ4n) is 4.26. The number of likely N-dealkylation sites (tertiary alicyclic amines) is 1. The molecule has 3 heterocycles. The minimum Gasteiger partial charge on any atom is -0.348 e. The number of benzene rings is 1. The van der Waals surface area contributed by atoms with Crippen LogP contribution in [0.5, 0.6) is 0 Å². The molecule has 0 radical (unpaired) electrons. The molecule has 0 bridgehead atoms. The Labute approximate surface area is 190 Å². The smallest absolute Gasteiger partial charge is 0.273 e. The van der Waals surface area contributed by atoms with Gasteiger partial charge in [-0.05, 0) is 51.3 Å². The number of hydrogen-bond donors (Lipinski definition) is 2. The first-order valence-corrected chi connectivity index (χ1v) is 10.4. The minimum absolute atomic E-state index is 0. The molecule has 4 rings (SSSR count). The topological polar surface area (TPSA) is 75.1 Å². The number of carbonyl (C=O) groups excluding carboxylic acids is 1. The van der Waals surface area contributed by atoms with Gasteiger partial charge in [0, 0.05) is 25.2 Å². The highest BCUT2D eigenvalue weighted by molar-refractivity contribution is 5.92. The highest BCUT2D eigenvalue weighted by Gasteiger charge is 2.26. The first kappa shape index (κ1) is 24.6. The Hall–Kier alpha value is -1.67. The zero-order chi connectivity index (χ0) is 19.3. The first-order valence-electron chi connectivity index (χ1n) is 10.4. The molecule has 2 N–H and O–H groups in total.